The first-order valence-electron chi connectivity index (χ1n) is 11.1. The van der Waals surface area contributed by atoms with Crippen molar-refractivity contribution in [2.75, 3.05) is 0 Å². The van der Waals surface area contributed by atoms with Crippen LogP contribution in [0, 0.1) is 13.8 Å². The van der Waals surface area contributed by atoms with Crippen LogP contribution in [0.3, 0.4) is 0 Å². The number of benzene rings is 2. The first kappa shape index (κ1) is 24.1. The van der Waals surface area contributed by atoms with Gasteiger partial charge in [0, 0.05) is 17.8 Å². The maximum Gasteiger partial charge on any atom is 0.412 e. The van der Waals surface area contributed by atoms with Gasteiger partial charge in [0.05, 0.1) is 0 Å². The van der Waals surface area contributed by atoms with Crippen LogP contribution in [0.2, 0.25) is 0 Å². The van der Waals surface area contributed by atoms with Crippen LogP contribution >= 0.6 is 0 Å². The molecule has 0 spiro atoms. The number of H-pyrrole nitrogens is 1. The molecule has 0 fully saturated rings. The van der Waals surface area contributed by atoms with Crippen LogP contribution in [0.4, 0.5) is 4.79 Å². The van der Waals surface area contributed by atoms with Gasteiger partial charge in [0.2, 0.25) is 0 Å². The third-order valence-electron chi connectivity index (χ3n) is 5.08. The number of aromatic amines is 1. The Morgan fingerprint density at radius 1 is 1.03 bits per heavy atom. The zero-order valence-corrected chi connectivity index (χ0v) is 20.4. The van der Waals surface area contributed by atoms with E-state index in [0.29, 0.717) is 0 Å². The summed E-state index contributed by atoms with van der Waals surface area (Å²) in [4.78, 5) is 28.4. The van der Waals surface area contributed by atoms with E-state index < -0.39 is 11.7 Å². The van der Waals surface area contributed by atoms with Crippen molar-refractivity contribution in [2.45, 2.75) is 60.1 Å². The normalized spacial score (nSPS) is 12.2. The van der Waals surface area contributed by atoms with Crippen molar-refractivity contribution in [1.82, 2.24) is 15.6 Å². The van der Waals surface area contributed by atoms with Crippen LogP contribution in [-0.4, -0.2) is 28.6 Å². The number of carbonyl (C=O) groups is 2. The van der Waals surface area contributed by atoms with E-state index in [2.05, 4.69) is 45.9 Å². The minimum absolute atomic E-state index is 0.0742. The van der Waals surface area contributed by atoms with Crippen LogP contribution in [0.1, 0.15) is 51.3 Å². The number of hydrogen-bond donors (Lipinski definition) is 3. The molecule has 1 aromatic heterocycles. The highest BCUT2D eigenvalue weighted by atomic mass is 16.6. The number of ether oxygens (including phenoxy) is 1. The fourth-order valence-electron chi connectivity index (χ4n) is 3.59. The highest BCUT2D eigenvalue weighted by molar-refractivity contribution is 6.00. The number of nitrogens with one attached hydrogen (secondary N) is 3. The lowest BCUT2D eigenvalue weighted by Gasteiger charge is -2.21. The predicted octanol–water partition coefficient (Wildman–Crippen LogP) is 5.84. The molecule has 0 atom stereocenters. The number of carbonyl (C=O) groups excluding carboxylic acids is 2. The summed E-state index contributed by atoms with van der Waals surface area (Å²) in [6.07, 6.45) is 2.96. The monoisotopic (exact) mass is 447 g/mol. The second kappa shape index (κ2) is 9.53. The Labute approximate surface area is 195 Å². The summed E-state index contributed by atoms with van der Waals surface area (Å²) < 4.78 is 5.35. The van der Waals surface area contributed by atoms with Crippen LogP contribution in [0.25, 0.3) is 28.1 Å². The van der Waals surface area contributed by atoms with Crippen molar-refractivity contribution in [3.05, 3.63) is 65.0 Å². The van der Waals surface area contributed by atoms with Crippen LogP contribution < -0.4 is 10.6 Å². The summed E-state index contributed by atoms with van der Waals surface area (Å²) in [5, 5.41) is 6.61. The van der Waals surface area contributed by atoms with E-state index in [1.54, 1.807) is 26.8 Å². The number of fused-ring (bicyclic) bond motifs is 1. The molecule has 1 heterocycles. The maximum absolute atomic E-state index is 12.8. The molecular formula is C27H33N3O3. The zero-order valence-electron chi connectivity index (χ0n) is 20.4. The van der Waals surface area contributed by atoms with E-state index >= 15 is 0 Å². The van der Waals surface area contributed by atoms with Crippen molar-refractivity contribution in [1.29, 1.82) is 0 Å². The molecule has 2 aromatic carbocycles. The van der Waals surface area contributed by atoms with Gasteiger partial charge < -0.3 is 15.0 Å². The molecule has 0 aliphatic heterocycles. The van der Waals surface area contributed by atoms with Gasteiger partial charge in [-0.2, -0.15) is 0 Å². The second-order valence-electron chi connectivity index (χ2n) is 9.62. The minimum Gasteiger partial charge on any atom is -0.444 e. The van der Waals surface area contributed by atoms with Gasteiger partial charge in [-0.1, -0.05) is 18.2 Å². The van der Waals surface area contributed by atoms with Crippen LogP contribution in [0.15, 0.2) is 48.3 Å². The number of amides is 2. The molecule has 3 aromatic rings. The molecule has 6 heteroatoms. The van der Waals surface area contributed by atoms with Crippen LogP contribution in [0.5, 0.6) is 0 Å². The minimum atomic E-state index is -0.668. The predicted molar refractivity (Wildman–Crippen MR) is 134 cm³/mol. The maximum atomic E-state index is 12.8. The van der Waals surface area contributed by atoms with Crippen molar-refractivity contribution in [2.24, 2.45) is 0 Å². The molecule has 6 nitrogen and oxygen atoms in total. The van der Waals surface area contributed by atoms with Crippen molar-refractivity contribution >= 4 is 29.0 Å². The number of aryl methyl sites for hydroxylation is 2. The molecule has 0 radical (unpaired) electrons. The molecule has 0 bridgehead atoms. The summed E-state index contributed by atoms with van der Waals surface area (Å²) in [5.74, 6) is -0.366. The van der Waals surface area contributed by atoms with E-state index in [1.807, 2.05) is 40.0 Å². The lowest BCUT2D eigenvalue weighted by molar-refractivity contribution is -0.118. The lowest BCUT2D eigenvalue weighted by atomic mass is 9.94. The highest BCUT2D eigenvalue weighted by Crippen LogP contribution is 2.30. The molecule has 3 rings (SSSR count). The van der Waals surface area contributed by atoms with Crippen LogP contribution in [-0.2, 0) is 9.53 Å². The largest absolute Gasteiger partial charge is 0.444 e. The van der Waals surface area contributed by atoms with Gasteiger partial charge in [-0.25, -0.2) is 4.79 Å². The van der Waals surface area contributed by atoms with Gasteiger partial charge in [-0.05, 0) is 106 Å². The quantitative estimate of drug-likeness (QED) is 0.430. The Kier molecular flexibility index (Phi) is 6.96. The standard InChI is InChI=1S/C27H33N3O3/c1-16(2)29-25(31)24(30-26(32)33-27(5,6)7)15-21-12-18(4)22(13-17(21)3)19-8-9-23-20(14-19)10-11-28-23/h8-16,28H,1-7H3,(H,29,31)(H,30,32)/b24-15-. The van der Waals surface area contributed by atoms with Crippen molar-refractivity contribution in [3.8, 4) is 11.1 Å². The Hall–Kier alpha value is -3.54. The number of aromatic nitrogens is 1. The summed E-state index contributed by atoms with van der Waals surface area (Å²) >= 11 is 0. The summed E-state index contributed by atoms with van der Waals surface area (Å²) in [7, 11) is 0. The smallest absolute Gasteiger partial charge is 0.412 e. The van der Waals surface area contributed by atoms with Crippen molar-refractivity contribution in [3.63, 3.8) is 0 Å². The highest BCUT2D eigenvalue weighted by Gasteiger charge is 2.20. The van der Waals surface area contributed by atoms with Gasteiger partial charge in [0.25, 0.3) is 5.91 Å². The number of alkyl carbamates (subject to hydrolysis) is 1. The second-order valence-corrected chi connectivity index (χ2v) is 9.62. The molecule has 2 amide bonds. The van der Waals surface area contributed by atoms with Crippen molar-refractivity contribution < 1.29 is 14.3 Å². The zero-order chi connectivity index (χ0) is 24.3. The average molecular weight is 448 g/mol. The lowest BCUT2D eigenvalue weighted by Crippen LogP contribution is -2.40. The average Bonchev–Trinajstić information content (AvgIpc) is 3.15. The van der Waals surface area contributed by atoms with Gasteiger partial charge in [0.1, 0.15) is 11.3 Å². The molecule has 0 saturated heterocycles. The van der Waals surface area contributed by atoms with Gasteiger partial charge in [-0.3, -0.25) is 10.1 Å². The third-order valence-corrected chi connectivity index (χ3v) is 5.08. The first-order chi connectivity index (χ1) is 15.4. The molecule has 3 N–H and O–H groups in total. The number of hydrogen-bond acceptors (Lipinski definition) is 3. The van der Waals surface area contributed by atoms with Gasteiger partial charge >= 0.3 is 6.09 Å². The van der Waals surface area contributed by atoms with Gasteiger partial charge in [0.15, 0.2) is 0 Å². The molecule has 174 valence electrons. The molecular weight excluding hydrogens is 414 g/mol. The third kappa shape index (κ3) is 6.25. The Bertz CT molecular complexity index is 1210. The Morgan fingerprint density at radius 2 is 1.76 bits per heavy atom. The van der Waals surface area contributed by atoms with Gasteiger partial charge in [-0.15, -0.1) is 0 Å². The summed E-state index contributed by atoms with van der Waals surface area (Å²) in [6.45, 7) is 13.1. The first-order valence-corrected chi connectivity index (χ1v) is 11.1. The van der Waals surface area contributed by atoms with E-state index in [9.17, 15) is 9.59 Å². The SMILES string of the molecule is Cc1cc(-c2ccc3[nH]ccc3c2)c(C)cc1/C=C(\NC(=O)OC(C)(C)C)C(=O)NC(C)C. The molecule has 0 unspecified atom stereocenters. The topological polar surface area (TPSA) is 83.2 Å². The fourth-order valence-corrected chi connectivity index (χ4v) is 3.59. The molecule has 0 aliphatic rings. The van der Waals surface area contributed by atoms with E-state index in [4.69, 9.17) is 4.74 Å². The molecule has 33 heavy (non-hydrogen) atoms. The van der Waals surface area contributed by atoms with E-state index in [1.165, 1.54) is 0 Å². The Morgan fingerprint density at radius 3 is 2.42 bits per heavy atom. The fraction of sp³-hybridized carbons (Fsp3) is 0.333. The summed E-state index contributed by atoms with van der Waals surface area (Å²) in [6, 6.07) is 12.5. The van der Waals surface area contributed by atoms with E-state index in [0.717, 1.165) is 38.7 Å². The summed E-state index contributed by atoms with van der Waals surface area (Å²) in [5.41, 5.74) is 5.74. The molecule has 0 aliphatic carbocycles. The Balaban J connectivity index is 1.97. The number of rotatable bonds is 5. The molecule has 0 saturated carbocycles. The van der Waals surface area contributed by atoms with E-state index in [-0.39, 0.29) is 17.6 Å².